The highest BCUT2D eigenvalue weighted by Gasteiger charge is 2.45. The molecule has 0 spiro atoms. The van der Waals surface area contributed by atoms with E-state index in [1.165, 1.54) is 12.8 Å². The number of nitrogens with zero attached hydrogens (tertiary/aromatic N) is 5. The molecular formula is C19H29N5O2. The van der Waals surface area contributed by atoms with Gasteiger partial charge in [0.2, 0.25) is 5.91 Å². The molecule has 3 heterocycles. The minimum absolute atomic E-state index is 0.312. The number of amides is 1. The maximum atomic E-state index is 12.7. The number of rotatable bonds is 5. The van der Waals surface area contributed by atoms with E-state index in [2.05, 4.69) is 31.7 Å². The second-order valence-corrected chi connectivity index (χ2v) is 7.75. The van der Waals surface area contributed by atoms with Crippen molar-refractivity contribution in [3.8, 4) is 0 Å². The average molecular weight is 359 g/mol. The Morgan fingerprint density at radius 3 is 2.88 bits per heavy atom. The lowest BCUT2D eigenvalue weighted by atomic mass is 9.97. The highest BCUT2D eigenvalue weighted by molar-refractivity contribution is 5.76. The topological polar surface area (TPSA) is 61.8 Å². The van der Waals surface area contributed by atoms with Gasteiger partial charge in [-0.3, -0.25) is 14.7 Å². The molecule has 3 atom stereocenters. The molecular weight excluding hydrogens is 330 g/mol. The van der Waals surface area contributed by atoms with Gasteiger partial charge in [0.25, 0.3) is 0 Å². The Labute approximate surface area is 155 Å². The summed E-state index contributed by atoms with van der Waals surface area (Å²) < 4.78 is 5.38. The van der Waals surface area contributed by atoms with Crippen LogP contribution in [0.4, 0.5) is 5.82 Å². The summed E-state index contributed by atoms with van der Waals surface area (Å²) in [5.74, 6) is 2.42. The van der Waals surface area contributed by atoms with Crippen LogP contribution in [-0.2, 0) is 9.53 Å². The number of hydrogen-bond acceptors (Lipinski definition) is 6. The molecule has 1 saturated carbocycles. The molecule has 0 unspecified atom stereocenters. The quantitative estimate of drug-likeness (QED) is 0.778. The first-order valence-electron chi connectivity index (χ1n) is 9.79. The second-order valence-electron chi connectivity index (χ2n) is 7.75. The fraction of sp³-hybridized carbons (Fsp3) is 0.737. The Kier molecular flexibility index (Phi) is 5.36. The summed E-state index contributed by atoms with van der Waals surface area (Å²) in [7, 11) is 2.11. The summed E-state index contributed by atoms with van der Waals surface area (Å²) in [5.41, 5.74) is 0. The minimum Gasteiger partial charge on any atom is -0.379 e. The summed E-state index contributed by atoms with van der Waals surface area (Å²) in [6.45, 7) is 6.15. The summed E-state index contributed by atoms with van der Waals surface area (Å²) in [4.78, 5) is 28.0. The second kappa shape index (κ2) is 7.88. The molecule has 142 valence electrons. The van der Waals surface area contributed by atoms with Crippen LogP contribution in [0.25, 0.3) is 0 Å². The summed E-state index contributed by atoms with van der Waals surface area (Å²) in [5, 5.41) is 0. The number of aromatic nitrogens is 2. The molecule has 0 aromatic carbocycles. The standard InChI is InChI=1S/C19H29N5O2/c1-22(18-12-20-5-6-21-18)17-3-2-15-13-24(14-16(15)17)19(25)4-7-23-8-10-26-11-9-23/h5-6,12,15-17H,2-4,7-11,13-14H2,1H3/t15-,16+,17-/m1/s1. The minimum atomic E-state index is 0.312. The molecule has 1 aliphatic carbocycles. The van der Waals surface area contributed by atoms with Gasteiger partial charge in [0.15, 0.2) is 0 Å². The van der Waals surface area contributed by atoms with E-state index in [9.17, 15) is 4.79 Å². The van der Waals surface area contributed by atoms with Crippen molar-refractivity contribution < 1.29 is 9.53 Å². The van der Waals surface area contributed by atoms with Gasteiger partial charge in [-0.25, -0.2) is 4.98 Å². The van der Waals surface area contributed by atoms with E-state index in [-0.39, 0.29) is 0 Å². The molecule has 2 saturated heterocycles. The molecule has 3 aliphatic rings. The zero-order valence-electron chi connectivity index (χ0n) is 15.6. The van der Waals surface area contributed by atoms with Gasteiger partial charge in [0, 0.05) is 70.5 Å². The molecule has 1 aromatic heterocycles. The number of likely N-dealkylation sites (tertiary alicyclic amines) is 1. The Balaban J connectivity index is 1.31. The monoisotopic (exact) mass is 359 g/mol. The van der Waals surface area contributed by atoms with Crippen LogP contribution in [0.2, 0.25) is 0 Å². The molecule has 0 N–H and O–H groups in total. The van der Waals surface area contributed by atoms with E-state index in [1.54, 1.807) is 12.4 Å². The zero-order chi connectivity index (χ0) is 17.9. The van der Waals surface area contributed by atoms with Gasteiger partial charge in [-0.05, 0) is 18.8 Å². The van der Waals surface area contributed by atoms with Gasteiger partial charge in [0.05, 0.1) is 19.4 Å². The molecule has 4 rings (SSSR count). The number of fused-ring (bicyclic) bond motifs is 1. The van der Waals surface area contributed by atoms with Gasteiger partial charge < -0.3 is 14.5 Å². The molecule has 0 bridgehead atoms. The maximum Gasteiger partial charge on any atom is 0.223 e. The smallest absolute Gasteiger partial charge is 0.223 e. The van der Waals surface area contributed by atoms with Crippen LogP contribution in [0, 0.1) is 11.8 Å². The predicted molar refractivity (Wildman–Crippen MR) is 98.9 cm³/mol. The van der Waals surface area contributed by atoms with Crippen molar-refractivity contribution in [3.63, 3.8) is 0 Å². The Hall–Kier alpha value is -1.73. The van der Waals surface area contributed by atoms with Crippen LogP contribution in [0.1, 0.15) is 19.3 Å². The Bertz CT molecular complexity index is 607. The van der Waals surface area contributed by atoms with E-state index in [0.29, 0.717) is 30.2 Å². The fourth-order valence-electron chi connectivity index (χ4n) is 4.80. The lowest BCUT2D eigenvalue weighted by Gasteiger charge is -2.30. The van der Waals surface area contributed by atoms with Crippen LogP contribution >= 0.6 is 0 Å². The van der Waals surface area contributed by atoms with Crippen LogP contribution in [0.3, 0.4) is 0 Å². The summed E-state index contributed by atoms with van der Waals surface area (Å²) >= 11 is 0. The van der Waals surface area contributed by atoms with Crippen molar-refractivity contribution in [1.29, 1.82) is 0 Å². The molecule has 1 amide bonds. The molecule has 26 heavy (non-hydrogen) atoms. The zero-order valence-corrected chi connectivity index (χ0v) is 15.6. The largest absolute Gasteiger partial charge is 0.379 e. The normalized spacial score (nSPS) is 29.0. The highest BCUT2D eigenvalue weighted by atomic mass is 16.5. The van der Waals surface area contributed by atoms with Gasteiger partial charge in [-0.1, -0.05) is 0 Å². The third kappa shape index (κ3) is 3.69. The van der Waals surface area contributed by atoms with E-state index in [0.717, 1.165) is 51.8 Å². The van der Waals surface area contributed by atoms with E-state index in [1.807, 2.05) is 6.20 Å². The number of anilines is 1. The fourth-order valence-corrected chi connectivity index (χ4v) is 4.80. The molecule has 7 nitrogen and oxygen atoms in total. The number of carbonyl (C=O) groups is 1. The molecule has 7 heteroatoms. The molecule has 3 fully saturated rings. The van der Waals surface area contributed by atoms with Gasteiger partial charge in [-0.15, -0.1) is 0 Å². The average Bonchev–Trinajstić information content (AvgIpc) is 3.28. The van der Waals surface area contributed by atoms with Crippen molar-refractivity contribution >= 4 is 11.7 Å². The molecule has 1 aromatic rings. The first-order chi connectivity index (χ1) is 12.7. The first-order valence-corrected chi connectivity index (χ1v) is 9.79. The van der Waals surface area contributed by atoms with E-state index >= 15 is 0 Å². The van der Waals surface area contributed by atoms with Crippen molar-refractivity contribution in [2.24, 2.45) is 11.8 Å². The molecule has 0 radical (unpaired) electrons. The predicted octanol–water partition coefficient (Wildman–Crippen LogP) is 0.872. The van der Waals surface area contributed by atoms with Crippen LogP contribution < -0.4 is 4.90 Å². The highest BCUT2D eigenvalue weighted by Crippen LogP contribution is 2.41. The van der Waals surface area contributed by atoms with Crippen molar-refractivity contribution in [3.05, 3.63) is 18.6 Å². The third-order valence-corrected chi connectivity index (χ3v) is 6.33. The van der Waals surface area contributed by atoms with Crippen molar-refractivity contribution in [2.75, 3.05) is 57.9 Å². The van der Waals surface area contributed by atoms with E-state index in [4.69, 9.17) is 4.74 Å². The number of ether oxygens (including phenoxy) is 1. The Morgan fingerprint density at radius 1 is 1.27 bits per heavy atom. The number of morpholine rings is 1. The lowest BCUT2D eigenvalue weighted by Crippen LogP contribution is -2.41. The third-order valence-electron chi connectivity index (χ3n) is 6.33. The summed E-state index contributed by atoms with van der Waals surface area (Å²) in [6.07, 6.45) is 8.29. The lowest BCUT2D eigenvalue weighted by molar-refractivity contribution is -0.131. The number of hydrogen-bond donors (Lipinski definition) is 0. The van der Waals surface area contributed by atoms with Gasteiger partial charge in [0.1, 0.15) is 5.82 Å². The van der Waals surface area contributed by atoms with Crippen LogP contribution in [0.15, 0.2) is 18.6 Å². The van der Waals surface area contributed by atoms with E-state index < -0.39 is 0 Å². The first kappa shape index (κ1) is 17.7. The molecule has 2 aliphatic heterocycles. The van der Waals surface area contributed by atoms with Crippen LogP contribution in [-0.4, -0.2) is 84.7 Å². The SMILES string of the molecule is CN(c1cnccn1)[C@@H]1CC[C@@H]2CN(C(=O)CCN3CCOCC3)C[C@@H]21. The van der Waals surface area contributed by atoms with Gasteiger partial charge >= 0.3 is 0 Å². The Morgan fingerprint density at radius 2 is 2.12 bits per heavy atom. The van der Waals surface area contributed by atoms with Gasteiger partial charge in [-0.2, -0.15) is 0 Å². The summed E-state index contributed by atoms with van der Waals surface area (Å²) in [6, 6.07) is 0.453. The van der Waals surface area contributed by atoms with Crippen molar-refractivity contribution in [1.82, 2.24) is 19.8 Å². The van der Waals surface area contributed by atoms with Crippen LogP contribution in [0.5, 0.6) is 0 Å². The number of carbonyl (C=O) groups excluding carboxylic acids is 1. The van der Waals surface area contributed by atoms with Crippen molar-refractivity contribution in [2.45, 2.75) is 25.3 Å². The maximum absolute atomic E-state index is 12.7.